The number of carboxylic acid groups (broad SMARTS) is 1. The Balaban J connectivity index is 2.92. The molecule has 0 atom stereocenters. The van der Waals surface area contributed by atoms with Crippen LogP contribution in [-0.2, 0) is 11.2 Å². The number of benzene rings is 1. The van der Waals surface area contributed by atoms with E-state index in [0.717, 1.165) is 4.76 Å². The van der Waals surface area contributed by atoms with Crippen LogP contribution in [0.2, 0.25) is 0 Å². The maximum absolute atomic E-state index is 11.6. The lowest BCUT2D eigenvalue weighted by Gasteiger charge is -1.99. The second-order valence-corrected chi connectivity index (χ2v) is 3.66. The van der Waals surface area contributed by atoms with Crippen molar-refractivity contribution in [3.05, 3.63) is 34.7 Å². The molecule has 0 aromatic heterocycles. The molecule has 80 valence electrons. The minimum absolute atomic E-state index is 0.0558. The Hall–Kier alpha value is -1.71. The Morgan fingerprint density at radius 2 is 2.13 bits per heavy atom. The van der Waals surface area contributed by atoms with Crippen molar-refractivity contribution in [3.8, 4) is 0 Å². The van der Waals surface area contributed by atoms with E-state index in [-0.39, 0.29) is 12.5 Å². The summed E-state index contributed by atoms with van der Waals surface area (Å²) in [4.78, 5) is 22.0. The van der Waals surface area contributed by atoms with Gasteiger partial charge in [-0.1, -0.05) is 12.1 Å². The van der Waals surface area contributed by atoms with Gasteiger partial charge in [0.2, 0.25) is 6.04 Å². The topological polar surface area (TPSA) is 57.4 Å². The van der Waals surface area contributed by atoms with Crippen LogP contribution in [0.5, 0.6) is 0 Å². The van der Waals surface area contributed by atoms with Crippen molar-refractivity contribution in [2.24, 2.45) is 0 Å². The Labute approximate surface area is 88.1 Å². The molecule has 4 nitrogen and oxygen atoms in total. The monoisotopic (exact) mass is 208 g/mol. The summed E-state index contributed by atoms with van der Waals surface area (Å²) in [7, 11) is 0. The van der Waals surface area contributed by atoms with E-state index in [9.17, 15) is 9.70 Å². The maximum Gasteiger partial charge on any atom is 0.307 e. The molecule has 1 rings (SSSR count). The summed E-state index contributed by atoms with van der Waals surface area (Å²) >= 11 is 0. The molecule has 0 aliphatic heterocycles. The van der Waals surface area contributed by atoms with Crippen LogP contribution in [0.25, 0.3) is 0 Å². The summed E-state index contributed by atoms with van der Waals surface area (Å²) in [5, 5.41) is 8.61. The highest BCUT2D eigenvalue weighted by Gasteiger charge is 2.18. The summed E-state index contributed by atoms with van der Waals surface area (Å²) in [6.07, 6.45) is -0.0558. The highest BCUT2D eigenvalue weighted by molar-refractivity contribution is 5.70. The minimum atomic E-state index is -0.894. The maximum atomic E-state index is 11.6. The van der Waals surface area contributed by atoms with Crippen molar-refractivity contribution in [1.29, 1.82) is 0 Å². The first-order valence-corrected chi connectivity index (χ1v) is 4.78. The number of hydrogen-bond donors (Lipinski definition) is 1. The molecule has 0 saturated carbocycles. The van der Waals surface area contributed by atoms with Gasteiger partial charge >= 0.3 is 5.97 Å². The van der Waals surface area contributed by atoms with E-state index in [2.05, 4.69) is 0 Å². The normalized spacial score (nSPS) is 10.3. The van der Waals surface area contributed by atoms with Crippen molar-refractivity contribution in [2.45, 2.75) is 26.3 Å². The third kappa shape index (κ3) is 3.16. The molecule has 0 radical (unpaired) electrons. The first-order chi connectivity index (χ1) is 7.00. The Kier molecular flexibility index (Phi) is 3.55. The number of rotatable bonds is 4. The predicted molar refractivity (Wildman–Crippen MR) is 56.2 cm³/mol. The number of aliphatic carboxylic acids is 1. The molecule has 0 aliphatic rings. The van der Waals surface area contributed by atoms with Gasteiger partial charge in [0.25, 0.3) is 5.69 Å². The average molecular weight is 208 g/mol. The van der Waals surface area contributed by atoms with Crippen LogP contribution >= 0.6 is 0 Å². The fourth-order valence-corrected chi connectivity index (χ4v) is 1.28. The fraction of sp³-hybridized carbons (Fsp3) is 0.364. The summed E-state index contributed by atoms with van der Waals surface area (Å²) in [5.74, 6) is -0.894. The van der Waals surface area contributed by atoms with Gasteiger partial charge in [0.05, 0.1) is 6.42 Å². The quantitative estimate of drug-likeness (QED) is 0.771. The molecule has 0 heterocycles. The molecule has 0 bridgehead atoms. The van der Waals surface area contributed by atoms with E-state index < -0.39 is 5.97 Å². The minimum Gasteiger partial charge on any atom is -0.481 e. The van der Waals surface area contributed by atoms with Crippen LogP contribution < -0.4 is 0 Å². The van der Waals surface area contributed by atoms with Gasteiger partial charge in [-0.25, -0.2) is 0 Å². The lowest BCUT2D eigenvalue weighted by molar-refractivity contribution is -0.497. The van der Waals surface area contributed by atoms with E-state index >= 15 is 0 Å². The lowest BCUT2D eigenvalue weighted by Crippen LogP contribution is -2.11. The third-order valence-corrected chi connectivity index (χ3v) is 1.99. The molecule has 1 N–H and O–H groups in total. The number of carbonyl (C=O) groups is 1. The highest BCUT2D eigenvalue weighted by Crippen LogP contribution is 2.16. The SMILES string of the molecule is CC(C)[N+](=O)c1cccc(CC(=O)O)c1. The summed E-state index contributed by atoms with van der Waals surface area (Å²) in [5.41, 5.74) is 1.14. The zero-order valence-corrected chi connectivity index (χ0v) is 8.80. The largest absolute Gasteiger partial charge is 0.481 e. The molecule has 0 amide bonds. The molecule has 0 fully saturated rings. The summed E-state index contributed by atoms with van der Waals surface area (Å²) in [6, 6.07) is 6.54. The van der Waals surface area contributed by atoms with Gasteiger partial charge in [-0.05, 0) is 5.56 Å². The molecule has 0 aliphatic carbocycles. The molecule has 0 spiro atoms. The van der Waals surface area contributed by atoms with E-state index in [1.54, 1.807) is 38.1 Å². The average Bonchev–Trinajstić information content (AvgIpc) is 2.16. The van der Waals surface area contributed by atoms with E-state index in [1.165, 1.54) is 0 Å². The number of carboxylic acids is 1. The van der Waals surface area contributed by atoms with E-state index in [0.29, 0.717) is 11.3 Å². The van der Waals surface area contributed by atoms with Crippen LogP contribution in [0.15, 0.2) is 24.3 Å². The first-order valence-electron chi connectivity index (χ1n) is 4.78. The fourth-order valence-electron chi connectivity index (χ4n) is 1.28. The molecular formula is C11H14NO3+. The van der Waals surface area contributed by atoms with Crippen molar-refractivity contribution >= 4 is 11.7 Å². The van der Waals surface area contributed by atoms with Crippen LogP contribution in [0.1, 0.15) is 19.4 Å². The van der Waals surface area contributed by atoms with Crippen molar-refractivity contribution < 1.29 is 14.7 Å². The molecule has 1 aromatic rings. The van der Waals surface area contributed by atoms with Crippen molar-refractivity contribution in [2.75, 3.05) is 0 Å². The standard InChI is InChI=1S/C11H13NO3/c1-8(2)12(15)10-5-3-4-9(6-10)7-11(13)14/h3-6,8H,7H2,1-2H3/p+1. The van der Waals surface area contributed by atoms with Gasteiger partial charge in [0, 0.05) is 35.6 Å². The zero-order valence-electron chi connectivity index (χ0n) is 8.80. The first kappa shape index (κ1) is 11.4. The zero-order chi connectivity index (χ0) is 11.4. The van der Waals surface area contributed by atoms with Crippen molar-refractivity contribution in [3.63, 3.8) is 0 Å². The van der Waals surface area contributed by atoms with Gasteiger partial charge in [-0.15, -0.1) is 0 Å². The summed E-state index contributed by atoms with van der Waals surface area (Å²) in [6.45, 7) is 3.58. The van der Waals surface area contributed by atoms with E-state index in [1.807, 2.05) is 0 Å². The smallest absolute Gasteiger partial charge is 0.307 e. The number of nitroso groups, excluding NO2 is 1. The molecule has 0 saturated heterocycles. The van der Waals surface area contributed by atoms with Crippen molar-refractivity contribution in [1.82, 2.24) is 0 Å². The molecule has 1 aromatic carbocycles. The number of hydrogen-bond acceptors (Lipinski definition) is 2. The molecule has 15 heavy (non-hydrogen) atoms. The van der Waals surface area contributed by atoms with Gasteiger partial charge < -0.3 is 5.11 Å². The van der Waals surface area contributed by atoms with Gasteiger partial charge in [0.1, 0.15) is 0 Å². The second kappa shape index (κ2) is 4.68. The lowest BCUT2D eigenvalue weighted by atomic mass is 10.1. The Morgan fingerprint density at radius 3 is 2.67 bits per heavy atom. The van der Waals surface area contributed by atoms with Crippen LogP contribution in [-0.4, -0.2) is 21.9 Å². The summed E-state index contributed by atoms with van der Waals surface area (Å²) < 4.78 is 0.866. The highest BCUT2D eigenvalue weighted by atomic mass is 16.4. The second-order valence-electron chi connectivity index (χ2n) is 3.66. The van der Waals surface area contributed by atoms with Gasteiger partial charge in [-0.2, -0.15) is 0 Å². The Morgan fingerprint density at radius 1 is 1.47 bits per heavy atom. The molecular weight excluding hydrogens is 194 g/mol. The van der Waals surface area contributed by atoms with Gasteiger partial charge in [0.15, 0.2) is 0 Å². The third-order valence-electron chi connectivity index (χ3n) is 1.99. The predicted octanol–water partition coefficient (Wildman–Crippen LogP) is 2.13. The van der Waals surface area contributed by atoms with Gasteiger partial charge in [-0.3, -0.25) is 4.79 Å². The number of nitrogens with zero attached hydrogens (tertiary/aromatic N) is 1. The Bertz CT molecular complexity index is 385. The molecule has 0 unspecified atom stereocenters. The van der Waals surface area contributed by atoms with Crippen LogP contribution in [0, 0.1) is 4.91 Å². The van der Waals surface area contributed by atoms with E-state index in [4.69, 9.17) is 5.11 Å². The molecule has 4 heteroatoms. The van der Waals surface area contributed by atoms with Crippen LogP contribution in [0.4, 0.5) is 5.69 Å². The van der Waals surface area contributed by atoms with Crippen LogP contribution in [0.3, 0.4) is 0 Å².